The highest BCUT2D eigenvalue weighted by molar-refractivity contribution is 6.21. The minimum absolute atomic E-state index is 0.137. The van der Waals surface area contributed by atoms with Gasteiger partial charge in [-0.15, -0.1) is 0 Å². The number of hydrogen-bond donors (Lipinski definition) is 0. The number of aromatic nitrogens is 1. The molecule has 1 aliphatic heterocycles. The van der Waals surface area contributed by atoms with E-state index in [1.165, 1.54) is 24.3 Å². The van der Waals surface area contributed by atoms with E-state index in [0.717, 1.165) is 0 Å². The molecule has 0 unspecified atom stereocenters. The monoisotopic (exact) mass is 360 g/mol. The summed E-state index contributed by atoms with van der Waals surface area (Å²) < 4.78 is 5.64. The molecular formula is C20H12N2O5. The molecule has 0 bridgehead atoms. The first-order valence-corrected chi connectivity index (χ1v) is 8.01. The number of amides is 2. The van der Waals surface area contributed by atoms with Crippen molar-refractivity contribution >= 4 is 17.8 Å². The number of benzene rings is 2. The van der Waals surface area contributed by atoms with Crippen LogP contribution >= 0.6 is 0 Å². The van der Waals surface area contributed by atoms with Crippen LogP contribution in [0.2, 0.25) is 0 Å². The van der Waals surface area contributed by atoms with Crippen molar-refractivity contribution in [3.05, 3.63) is 89.7 Å². The summed E-state index contributed by atoms with van der Waals surface area (Å²) in [6, 6.07) is 15.9. The standard InChI is InChI=1S/C20H12N2O5/c23-18-16-6-1-2-7-17(16)19(24)22(18)27-20(25)13-4-3-5-15(12-13)26-14-8-10-21-11-9-14/h1-12H. The Bertz CT molecular complexity index is 1010. The number of hydroxylamine groups is 2. The molecule has 2 heterocycles. The number of ether oxygens (including phenoxy) is 1. The molecule has 0 saturated carbocycles. The van der Waals surface area contributed by atoms with Gasteiger partial charge in [-0.2, -0.15) is 0 Å². The van der Waals surface area contributed by atoms with E-state index < -0.39 is 17.8 Å². The minimum Gasteiger partial charge on any atom is -0.457 e. The highest BCUT2D eigenvalue weighted by atomic mass is 16.7. The lowest BCUT2D eigenvalue weighted by molar-refractivity contribution is -0.0584. The first kappa shape index (κ1) is 16.5. The lowest BCUT2D eigenvalue weighted by Crippen LogP contribution is -2.32. The topological polar surface area (TPSA) is 85.8 Å². The van der Waals surface area contributed by atoms with E-state index in [0.29, 0.717) is 16.6 Å². The molecule has 2 aromatic carbocycles. The third kappa shape index (κ3) is 3.13. The maximum atomic E-state index is 12.4. The number of rotatable bonds is 4. The fourth-order valence-electron chi connectivity index (χ4n) is 2.61. The molecule has 0 saturated heterocycles. The summed E-state index contributed by atoms with van der Waals surface area (Å²) in [6.45, 7) is 0. The van der Waals surface area contributed by atoms with Gasteiger partial charge < -0.3 is 9.57 Å². The van der Waals surface area contributed by atoms with Crippen LogP contribution in [0.15, 0.2) is 73.1 Å². The zero-order valence-electron chi connectivity index (χ0n) is 13.9. The number of imide groups is 1. The molecule has 0 atom stereocenters. The van der Waals surface area contributed by atoms with Gasteiger partial charge in [-0.25, -0.2) is 4.79 Å². The molecule has 7 nitrogen and oxygen atoms in total. The third-order valence-corrected chi connectivity index (χ3v) is 3.89. The average Bonchev–Trinajstić information content (AvgIpc) is 2.94. The van der Waals surface area contributed by atoms with Crippen molar-refractivity contribution in [2.24, 2.45) is 0 Å². The van der Waals surface area contributed by atoms with Crippen LogP contribution in [0.5, 0.6) is 11.5 Å². The highest BCUT2D eigenvalue weighted by Crippen LogP contribution is 2.25. The minimum atomic E-state index is -0.843. The molecule has 0 spiro atoms. The van der Waals surface area contributed by atoms with E-state index in [1.807, 2.05) is 0 Å². The van der Waals surface area contributed by atoms with Crippen LogP contribution in [-0.4, -0.2) is 27.8 Å². The molecule has 0 radical (unpaired) electrons. The molecule has 0 aliphatic carbocycles. The summed E-state index contributed by atoms with van der Waals surface area (Å²) in [5, 5.41) is 0.476. The predicted octanol–water partition coefficient (Wildman–Crippen LogP) is 3.24. The van der Waals surface area contributed by atoms with Gasteiger partial charge in [0.2, 0.25) is 0 Å². The number of hydrogen-bond acceptors (Lipinski definition) is 6. The van der Waals surface area contributed by atoms with Crippen molar-refractivity contribution < 1.29 is 24.0 Å². The van der Waals surface area contributed by atoms with Gasteiger partial charge >= 0.3 is 5.97 Å². The zero-order valence-corrected chi connectivity index (χ0v) is 13.9. The number of carbonyl (C=O) groups is 3. The number of pyridine rings is 1. The first-order chi connectivity index (χ1) is 13.1. The highest BCUT2D eigenvalue weighted by Gasteiger charge is 2.38. The van der Waals surface area contributed by atoms with Crippen molar-refractivity contribution in [2.75, 3.05) is 0 Å². The maximum Gasteiger partial charge on any atom is 0.364 e. The van der Waals surface area contributed by atoms with Crippen molar-refractivity contribution in [1.29, 1.82) is 0 Å². The van der Waals surface area contributed by atoms with Crippen LogP contribution in [0.25, 0.3) is 0 Å². The summed E-state index contributed by atoms with van der Waals surface area (Å²) in [7, 11) is 0. The Balaban J connectivity index is 1.52. The molecule has 4 rings (SSSR count). The summed E-state index contributed by atoms with van der Waals surface area (Å²) in [5.41, 5.74) is 0.535. The lowest BCUT2D eigenvalue weighted by atomic mass is 10.1. The fraction of sp³-hybridized carbons (Fsp3) is 0. The molecule has 2 amide bonds. The smallest absolute Gasteiger partial charge is 0.364 e. The van der Waals surface area contributed by atoms with Gasteiger partial charge in [-0.05, 0) is 42.5 Å². The van der Waals surface area contributed by atoms with Gasteiger partial charge in [0, 0.05) is 12.4 Å². The predicted molar refractivity (Wildman–Crippen MR) is 93.1 cm³/mol. The van der Waals surface area contributed by atoms with Crippen LogP contribution in [-0.2, 0) is 4.84 Å². The number of carbonyl (C=O) groups excluding carboxylic acids is 3. The number of nitrogens with zero attached hydrogens (tertiary/aromatic N) is 2. The van der Waals surface area contributed by atoms with Gasteiger partial charge in [0.15, 0.2) is 0 Å². The second kappa shape index (κ2) is 6.72. The molecular weight excluding hydrogens is 348 g/mol. The van der Waals surface area contributed by atoms with E-state index >= 15 is 0 Å². The Morgan fingerprint density at radius 1 is 0.815 bits per heavy atom. The summed E-state index contributed by atoms with van der Waals surface area (Å²) in [6.07, 6.45) is 3.16. The van der Waals surface area contributed by atoms with Gasteiger partial charge in [0.05, 0.1) is 16.7 Å². The van der Waals surface area contributed by atoms with E-state index in [1.54, 1.807) is 48.8 Å². The first-order valence-electron chi connectivity index (χ1n) is 8.01. The zero-order chi connectivity index (χ0) is 18.8. The maximum absolute atomic E-state index is 12.4. The molecule has 3 aromatic rings. The molecule has 0 N–H and O–H groups in total. The lowest BCUT2D eigenvalue weighted by Gasteiger charge is -2.13. The molecule has 132 valence electrons. The van der Waals surface area contributed by atoms with Crippen molar-refractivity contribution in [3.8, 4) is 11.5 Å². The largest absolute Gasteiger partial charge is 0.457 e. The average molecular weight is 360 g/mol. The fourth-order valence-corrected chi connectivity index (χ4v) is 2.61. The second-order valence-electron chi connectivity index (χ2n) is 5.64. The van der Waals surface area contributed by atoms with E-state index in [9.17, 15) is 14.4 Å². The van der Waals surface area contributed by atoms with E-state index in [4.69, 9.17) is 9.57 Å². The molecule has 7 heteroatoms. The molecule has 0 fully saturated rings. The molecule has 1 aliphatic rings. The van der Waals surface area contributed by atoms with Crippen LogP contribution in [0.3, 0.4) is 0 Å². The Kier molecular flexibility index (Phi) is 4.10. The van der Waals surface area contributed by atoms with Crippen molar-refractivity contribution in [1.82, 2.24) is 10.0 Å². The van der Waals surface area contributed by atoms with Crippen LogP contribution in [0, 0.1) is 0 Å². The third-order valence-electron chi connectivity index (χ3n) is 3.89. The summed E-state index contributed by atoms with van der Waals surface area (Å²) in [4.78, 5) is 45.9. The van der Waals surface area contributed by atoms with E-state index in [2.05, 4.69) is 4.98 Å². The Labute approximate surface area is 153 Å². The Hall–Kier alpha value is -4.00. The van der Waals surface area contributed by atoms with Gasteiger partial charge in [-0.3, -0.25) is 14.6 Å². The van der Waals surface area contributed by atoms with Gasteiger partial charge in [-0.1, -0.05) is 23.3 Å². The normalized spacial score (nSPS) is 12.7. The number of fused-ring (bicyclic) bond motifs is 1. The van der Waals surface area contributed by atoms with Crippen LogP contribution in [0.1, 0.15) is 31.1 Å². The quantitative estimate of drug-likeness (QED) is 0.664. The van der Waals surface area contributed by atoms with Crippen LogP contribution in [0.4, 0.5) is 0 Å². The SMILES string of the molecule is O=C(ON1C(=O)c2ccccc2C1=O)c1cccc(Oc2ccncc2)c1. The summed E-state index contributed by atoms with van der Waals surface area (Å²) in [5.74, 6) is -1.24. The van der Waals surface area contributed by atoms with Crippen molar-refractivity contribution in [3.63, 3.8) is 0 Å². The van der Waals surface area contributed by atoms with Gasteiger partial charge in [0.1, 0.15) is 11.5 Å². The second-order valence-corrected chi connectivity index (χ2v) is 5.64. The van der Waals surface area contributed by atoms with E-state index in [-0.39, 0.29) is 16.7 Å². The van der Waals surface area contributed by atoms with Crippen molar-refractivity contribution in [2.45, 2.75) is 0 Å². The molecule has 1 aromatic heterocycles. The Morgan fingerprint density at radius 2 is 1.48 bits per heavy atom. The van der Waals surface area contributed by atoms with Crippen LogP contribution < -0.4 is 4.74 Å². The Morgan fingerprint density at radius 3 is 2.15 bits per heavy atom. The molecule has 27 heavy (non-hydrogen) atoms. The van der Waals surface area contributed by atoms with Gasteiger partial charge in [0.25, 0.3) is 11.8 Å². The summed E-state index contributed by atoms with van der Waals surface area (Å²) >= 11 is 0.